The summed E-state index contributed by atoms with van der Waals surface area (Å²) >= 11 is 5.97. The molecule has 2 N–H and O–H groups in total. The molecule has 1 aromatic heterocycles. The molecule has 6 nitrogen and oxygen atoms in total. The van der Waals surface area contributed by atoms with Gasteiger partial charge < -0.3 is 15.2 Å². The van der Waals surface area contributed by atoms with E-state index in [0.29, 0.717) is 12.5 Å². The SMILES string of the molecule is CC(C)COc1ncc(C(=O)N[C@@H](C)C(=O)O)cc1Cl. The van der Waals surface area contributed by atoms with Crippen molar-refractivity contribution in [1.29, 1.82) is 0 Å². The molecule has 1 aromatic rings. The Morgan fingerprint density at radius 1 is 1.45 bits per heavy atom. The molecule has 110 valence electrons. The Kier molecular flexibility index (Phi) is 5.76. The number of nitrogens with zero attached hydrogens (tertiary/aromatic N) is 1. The normalized spacial score (nSPS) is 12.1. The molecule has 20 heavy (non-hydrogen) atoms. The molecule has 0 aliphatic rings. The van der Waals surface area contributed by atoms with E-state index in [1.54, 1.807) is 0 Å². The molecule has 0 fully saturated rings. The summed E-state index contributed by atoms with van der Waals surface area (Å²) in [6.07, 6.45) is 1.30. The molecule has 1 amide bonds. The van der Waals surface area contributed by atoms with Crippen LogP contribution in [-0.4, -0.2) is 34.6 Å². The first-order valence-corrected chi connectivity index (χ1v) is 6.51. The Labute approximate surface area is 122 Å². The Bertz CT molecular complexity index is 505. The van der Waals surface area contributed by atoms with E-state index in [4.69, 9.17) is 21.4 Å². The van der Waals surface area contributed by atoms with E-state index in [-0.39, 0.29) is 16.5 Å². The van der Waals surface area contributed by atoms with Crippen molar-refractivity contribution in [2.75, 3.05) is 6.61 Å². The van der Waals surface area contributed by atoms with Gasteiger partial charge in [0.25, 0.3) is 5.91 Å². The second-order valence-electron chi connectivity index (χ2n) is 4.75. The first kappa shape index (κ1) is 16.2. The lowest BCUT2D eigenvalue weighted by Gasteiger charge is -2.11. The lowest BCUT2D eigenvalue weighted by atomic mass is 10.2. The zero-order valence-electron chi connectivity index (χ0n) is 11.5. The number of carboxylic acid groups (broad SMARTS) is 1. The standard InChI is InChI=1S/C13H17ClN2O4/c1-7(2)6-20-12-10(14)4-9(5-15-12)11(17)16-8(3)13(18)19/h4-5,7-8H,6H2,1-3H3,(H,16,17)(H,18,19)/t8-/m0/s1. The minimum absolute atomic E-state index is 0.181. The summed E-state index contributed by atoms with van der Waals surface area (Å²) in [5.41, 5.74) is 0.181. The number of ether oxygens (including phenoxy) is 1. The molecule has 1 heterocycles. The zero-order chi connectivity index (χ0) is 15.3. The Hall–Kier alpha value is -1.82. The van der Waals surface area contributed by atoms with Crippen molar-refractivity contribution >= 4 is 23.5 Å². The molecule has 0 spiro atoms. The number of hydrogen-bond donors (Lipinski definition) is 2. The third kappa shape index (κ3) is 4.70. The van der Waals surface area contributed by atoms with Gasteiger partial charge >= 0.3 is 5.97 Å². The minimum Gasteiger partial charge on any atom is -0.480 e. The first-order chi connectivity index (χ1) is 9.31. The quantitative estimate of drug-likeness (QED) is 0.838. The van der Waals surface area contributed by atoms with E-state index in [2.05, 4.69) is 10.3 Å². The van der Waals surface area contributed by atoms with Crippen molar-refractivity contribution in [3.05, 3.63) is 22.8 Å². The van der Waals surface area contributed by atoms with Gasteiger partial charge in [0.05, 0.1) is 12.2 Å². The summed E-state index contributed by atoms with van der Waals surface area (Å²) in [6.45, 7) is 5.82. The topological polar surface area (TPSA) is 88.5 Å². The van der Waals surface area contributed by atoms with Crippen molar-refractivity contribution in [3.8, 4) is 5.88 Å². The predicted molar refractivity (Wildman–Crippen MR) is 74.1 cm³/mol. The van der Waals surface area contributed by atoms with Crippen LogP contribution in [0.1, 0.15) is 31.1 Å². The summed E-state index contributed by atoms with van der Waals surface area (Å²) in [7, 11) is 0. The average molecular weight is 301 g/mol. The molecule has 0 radical (unpaired) electrons. The van der Waals surface area contributed by atoms with Crippen LogP contribution in [0, 0.1) is 5.92 Å². The number of carbonyl (C=O) groups is 2. The van der Waals surface area contributed by atoms with E-state index in [1.165, 1.54) is 19.2 Å². The van der Waals surface area contributed by atoms with Crippen LogP contribution in [0.5, 0.6) is 5.88 Å². The van der Waals surface area contributed by atoms with Crippen LogP contribution in [0.25, 0.3) is 0 Å². The van der Waals surface area contributed by atoms with Crippen LogP contribution in [0.2, 0.25) is 5.02 Å². The monoisotopic (exact) mass is 300 g/mol. The van der Waals surface area contributed by atoms with Crippen molar-refractivity contribution in [1.82, 2.24) is 10.3 Å². The third-order valence-electron chi connectivity index (χ3n) is 2.34. The lowest BCUT2D eigenvalue weighted by Crippen LogP contribution is -2.38. The highest BCUT2D eigenvalue weighted by Crippen LogP contribution is 2.22. The second kappa shape index (κ2) is 7.09. The van der Waals surface area contributed by atoms with Gasteiger partial charge in [0.2, 0.25) is 5.88 Å². The molecule has 0 unspecified atom stereocenters. The number of carboxylic acids is 1. The van der Waals surface area contributed by atoms with E-state index in [0.717, 1.165) is 0 Å². The van der Waals surface area contributed by atoms with Crippen LogP contribution in [-0.2, 0) is 4.79 Å². The van der Waals surface area contributed by atoms with Gasteiger partial charge in [0.1, 0.15) is 11.1 Å². The molecule has 0 bridgehead atoms. The maximum absolute atomic E-state index is 11.8. The maximum Gasteiger partial charge on any atom is 0.325 e. The molecule has 1 rings (SSSR count). The van der Waals surface area contributed by atoms with E-state index < -0.39 is 17.9 Å². The molecule has 0 aliphatic heterocycles. The molecular weight excluding hydrogens is 284 g/mol. The van der Waals surface area contributed by atoms with Gasteiger partial charge in [-0.1, -0.05) is 25.4 Å². The number of hydrogen-bond acceptors (Lipinski definition) is 4. The summed E-state index contributed by atoms with van der Waals surface area (Å²) in [4.78, 5) is 26.4. The van der Waals surface area contributed by atoms with Gasteiger partial charge in [0.15, 0.2) is 0 Å². The summed E-state index contributed by atoms with van der Waals surface area (Å²) in [6, 6.07) is 0.409. The van der Waals surface area contributed by atoms with E-state index in [9.17, 15) is 9.59 Å². The van der Waals surface area contributed by atoms with Gasteiger partial charge in [-0.15, -0.1) is 0 Å². The maximum atomic E-state index is 11.8. The largest absolute Gasteiger partial charge is 0.480 e. The Morgan fingerprint density at radius 3 is 2.60 bits per heavy atom. The second-order valence-corrected chi connectivity index (χ2v) is 5.16. The predicted octanol–water partition coefficient (Wildman–Crippen LogP) is 1.97. The van der Waals surface area contributed by atoms with Crippen molar-refractivity contribution in [2.24, 2.45) is 5.92 Å². The summed E-state index contributed by atoms with van der Waals surface area (Å²) in [5, 5.41) is 11.2. The molecule has 0 saturated carbocycles. The van der Waals surface area contributed by atoms with Gasteiger partial charge in [-0.25, -0.2) is 4.98 Å². The van der Waals surface area contributed by atoms with Crippen molar-refractivity contribution in [2.45, 2.75) is 26.8 Å². The number of aliphatic carboxylic acids is 1. The molecule has 7 heteroatoms. The number of rotatable bonds is 6. The van der Waals surface area contributed by atoms with Crippen molar-refractivity contribution in [3.63, 3.8) is 0 Å². The smallest absolute Gasteiger partial charge is 0.325 e. The molecule has 0 aliphatic carbocycles. The molecule has 1 atom stereocenters. The Morgan fingerprint density at radius 2 is 2.10 bits per heavy atom. The fourth-order valence-corrected chi connectivity index (χ4v) is 1.46. The average Bonchev–Trinajstić information content (AvgIpc) is 2.36. The van der Waals surface area contributed by atoms with Crippen LogP contribution < -0.4 is 10.1 Å². The lowest BCUT2D eigenvalue weighted by molar-refractivity contribution is -0.138. The fraction of sp³-hybridized carbons (Fsp3) is 0.462. The number of carbonyl (C=O) groups excluding carboxylic acids is 1. The highest BCUT2D eigenvalue weighted by Gasteiger charge is 2.17. The van der Waals surface area contributed by atoms with Crippen LogP contribution in [0.4, 0.5) is 0 Å². The van der Waals surface area contributed by atoms with Gasteiger partial charge in [-0.3, -0.25) is 9.59 Å². The number of nitrogens with one attached hydrogen (secondary N) is 1. The van der Waals surface area contributed by atoms with Gasteiger partial charge in [-0.2, -0.15) is 0 Å². The van der Waals surface area contributed by atoms with Gasteiger partial charge in [0, 0.05) is 6.20 Å². The summed E-state index contributed by atoms with van der Waals surface area (Å²) in [5.74, 6) is -1.09. The highest BCUT2D eigenvalue weighted by atomic mass is 35.5. The fourth-order valence-electron chi connectivity index (χ4n) is 1.24. The molecule has 0 aromatic carbocycles. The zero-order valence-corrected chi connectivity index (χ0v) is 12.3. The van der Waals surface area contributed by atoms with Crippen LogP contribution in [0.3, 0.4) is 0 Å². The van der Waals surface area contributed by atoms with Crippen molar-refractivity contribution < 1.29 is 19.4 Å². The number of aromatic nitrogens is 1. The molecule has 0 saturated heterocycles. The number of pyridine rings is 1. The van der Waals surface area contributed by atoms with E-state index in [1.807, 2.05) is 13.8 Å². The Balaban J connectivity index is 2.76. The molecular formula is C13H17ClN2O4. The summed E-state index contributed by atoms with van der Waals surface area (Å²) < 4.78 is 5.38. The minimum atomic E-state index is -1.12. The van der Waals surface area contributed by atoms with E-state index >= 15 is 0 Å². The third-order valence-corrected chi connectivity index (χ3v) is 2.61. The number of amides is 1. The highest BCUT2D eigenvalue weighted by molar-refractivity contribution is 6.32. The first-order valence-electron chi connectivity index (χ1n) is 6.13. The van der Waals surface area contributed by atoms with Crippen LogP contribution in [0.15, 0.2) is 12.3 Å². The van der Waals surface area contributed by atoms with Crippen LogP contribution >= 0.6 is 11.6 Å². The van der Waals surface area contributed by atoms with Gasteiger partial charge in [-0.05, 0) is 18.9 Å². The number of halogens is 1.